The van der Waals surface area contributed by atoms with Crippen molar-refractivity contribution < 1.29 is 22.4 Å². The number of amides is 1. The summed E-state index contributed by atoms with van der Waals surface area (Å²) in [6.07, 6.45) is -1.97. The number of halogens is 4. The van der Waals surface area contributed by atoms with E-state index in [1.165, 1.54) is 18.2 Å². The van der Waals surface area contributed by atoms with Crippen molar-refractivity contribution in [3.8, 4) is 0 Å². The maximum Gasteiger partial charge on any atom is 0.417 e. The molecule has 1 aromatic carbocycles. The third-order valence-electron chi connectivity index (χ3n) is 4.79. The number of rotatable bonds is 4. The lowest BCUT2D eigenvalue weighted by atomic mass is 10.1. The molecule has 1 amide bonds. The summed E-state index contributed by atoms with van der Waals surface area (Å²) in [7, 11) is 0. The summed E-state index contributed by atoms with van der Waals surface area (Å²) >= 11 is 0. The van der Waals surface area contributed by atoms with Gasteiger partial charge in [0.2, 0.25) is 5.91 Å². The lowest BCUT2D eigenvalue weighted by molar-refractivity contribution is -0.137. The van der Waals surface area contributed by atoms with Crippen LogP contribution in [0.25, 0.3) is 0 Å². The van der Waals surface area contributed by atoms with Gasteiger partial charge in [-0.05, 0) is 42.7 Å². The van der Waals surface area contributed by atoms with Gasteiger partial charge >= 0.3 is 6.18 Å². The van der Waals surface area contributed by atoms with E-state index < -0.39 is 11.7 Å². The van der Waals surface area contributed by atoms with E-state index >= 15 is 0 Å². The van der Waals surface area contributed by atoms with Gasteiger partial charge in [0.15, 0.2) is 0 Å². The van der Waals surface area contributed by atoms with Crippen molar-refractivity contribution in [3.05, 3.63) is 59.5 Å². The lowest BCUT2D eigenvalue weighted by Gasteiger charge is -2.23. The molecule has 1 aliphatic rings. The van der Waals surface area contributed by atoms with Gasteiger partial charge in [0, 0.05) is 38.8 Å². The molecule has 0 spiro atoms. The maximum atomic E-state index is 12.9. The molecule has 150 valence electrons. The van der Waals surface area contributed by atoms with Crippen molar-refractivity contribution in [2.24, 2.45) is 0 Å². The molecular formula is C20H21F4N3O. The van der Waals surface area contributed by atoms with Gasteiger partial charge in [-0.25, -0.2) is 9.37 Å². The zero-order valence-corrected chi connectivity index (χ0v) is 15.3. The van der Waals surface area contributed by atoms with Gasteiger partial charge in [-0.15, -0.1) is 0 Å². The van der Waals surface area contributed by atoms with Crippen molar-refractivity contribution in [2.75, 3.05) is 31.1 Å². The number of aromatic nitrogens is 1. The number of carbonyl (C=O) groups is 1. The average Bonchev–Trinajstić information content (AvgIpc) is 2.93. The SMILES string of the molecule is O=C(CCc1ccc(F)cc1)N1CCCN(c2ccc(C(F)(F)F)cn2)CC1. The first kappa shape index (κ1) is 20.1. The topological polar surface area (TPSA) is 36.4 Å². The Morgan fingerprint density at radius 1 is 1.00 bits per heavy atom. The van der Waals surface area contributed by atoms with E-state index in [1.54, 1.807) is 17.0 Å². The standard InChI is InChI=1S/C20H21F4N3O/c21-17-6-2-15(3-7-17)4-9-19(28)27-11-1-10-26(12-13-27)18-8-5-16(14-25-18)20(22,23)24/h2-3,5-8,14H,1,4,9-13H2. The fourth-order valence-corrected chi connectivity index (χ4v) is 3.20. The van der Waals surface area contributed by atoms with E-state index in [4.69, 9.17) is 0 Å². The molecule has 0 atom stereocenters. The van der Waals surface area contributed by atoms with Gasteiger partial charge in [0.1, 0.15) is 11.6 Å². The molecule has 0 bridgehead atoms. The van der Waals surface area contributed by atoms with Crippen LogP contribution in [0.2, 0.25) is 0 Å². The first-order valence-electron chi connectivity index (χ1n) is 9.13. The van der Waals surface area contributed by atoms with Crippen LogP contribution >= 0.6 is 0 Å². The Hall–Kier alpha value is -2.64. The average molecular weight is 395 g/mol. The van der Waals surface area contributed by atoms with Gasteiger partial charge in [0.05, 0.1) is 5.56 Å². The molecule has 3 rings (SSSR count). The molecule has 0 unspecified atom stereocenters. The number of nitrogens with zero attached hydrogens (tertiary/aromatic N) is 3. The molecule has 0 N–H and O–H groups in total. The predicted molar refractivity (Wildman–Crippen MR) is 97.4 cm³/mol. The molecule has 0 aliphatic carbocycles. The van der Waals surface area contributed by atoms with E-state index in [9.17, 15) is 22.4 Å². The van der Waals surface area contributed by atoms with Gasteiger partial charge in [-0.2, -0.15) is 13.2 Å². The minimum absolute atomic E-state index is 0.0200. The molecule has 1 aromatic heterocycles. The second-order valence-corrected chi connectivity index (χ2v) is 6.75. The summed E-state index contributed by atoms with van der Waals surface area (Å²) in [5.74, 6) is 0.194. The van der Waals surface area contributed by atoms with Crippen molar-refractivity contribution in [2.45, 2.75) is 25.4 Å². The van der Waals surface area contributed by atoms with Gasteiger partial charge in [-0.3, -0.25) is 4.79 Å². The fourth-order valence-electron chi connectivity index (χ4n) is 3.20. The van der Waals surface area contributed by atoms with Crippen LogP contribution in [0.1, 0.15) is 24.0 Å². The van der Waals surface area contributed by atoms with Crippen LogP contribution in [-0.4, -0.2) is 42.0 Å². The highest BCUT2D eigenvalue weighted by molar-refractivity contribution is 5.76. The Labute approximate surface area is 160 Å². The summed E-state index contributed by atoms with van der Waals surface area (Å²) in [5.41, 5.74) is 0.129. The number of pyridine rings is 1. The molecule has 1 fully saturated rings. The first-order valence-corrected chi connectivity index (χ1v) is 9.13. The number of hydrogen-bond donors (Lipinski definition) is 0. The van der Waals surface area contributed by atoms with Gasteiger partial charge in [-0.1, -0.05) is 12.1 Å². The molecular weight excluding hydrogens is 374 g/mol. The Morgan fingerprint density at radius 2 is 1.75 bits per heavy atom. The summed E-state index contributed by atoms with van der Waals surface area (Å²) < 4.78 is 50.9. The molecule has 4 nitrogen and oxygen atoms in total. The van der Waals surface area contributed by atoms with Crippen molar-refractivity contribution in [1.29, 1.82) is 0 Å². The Morgan fingerprint density at radius 3 is 2.39 bits per heavy atom. The Kier molecular flexibility index (Phi) is 6.16. The minimum atomic E-state index is -4.40. The molecule has 8 heteroatoms. The van der Waals surface area contributed by atoms with Crippen LogP contribution in [0.5, 0.6) is 0 Å². The van der Waals surface area contributed by atoms with E-state index in [2.05, 4.69) is 4.98 Å². The number of hydrogen-bond acceptors (Lipinski definition) is 3. The van der Waals surface area contributed by atoms with Crippen LogP contribution in [0.3, 0.4) is 0 Å². The quantitative estimate of drug-likeness (QED) is 0.737. The summed E-state index contributed by atoms with van der Waals surface area (Å²) in [6, 6.07) is 8.49. The second kappa shape index (κ2) is 8.58. The number of alkyl halides is 3. The summed E-state index contributed by atoms with van der Waals surface area (Å²) in [4.78, 5) is 20.1. The molecule has 2 aromatic rings. The van der Waals surface area contributed by atoms with Gasteiger partial charge < -0.3 is 9.80 Å². The number of carbonyl (C=O) groups excluding carboxylic acids is 1. The van der Waals surface area contributed by atoms with Gasteiger partial charge in [0.25, 0.3) is 0 Å². The zero-order valence-electron chi connectivity index (χ0n) is 15.3. The first-order chi connectivity index (χ1) is 13.3. The highest BCUT2D eigenvalue weighted by Gasteiger charge is 2.31. The largest absolute Gasteiger partial charge is 0.417 e. The molecule has 0 radical (unpaired) electrons. The van der Waals surface area contributed by atoms with E-state index in [0.717, 1.165) is 17.8 Å². The van der Waals surface area contributed by atoms with Crippen LogP contribution in [0.15, 0.2) is 42.6 Å². The third kappa shape index (κ3) is 5.21. The summed E-state index contributed by atoms with van der Waals surface area (Å²) in [6.45, 7) is 2.23. The van der Waals surface area contributed by atoms with Crippen LogP contribution in [0, 0.1) is 5.82 Å². The number of benzene rings is 1. The summed E-state index contributed by atoms with van der Waals surface area (Å²) in [5, 5.41) is 0. The van der Waals surface area contributed by atoms with E-state index in [1.807, 2.05) is 4.90 Å². The Balaban J connectivity index is 1.54. The van der Waals surface area contributed by atoms with E-state index in [0.29, 0.717) is 51.3 Å². The highest BCUT2D eigenvalue weighted by atomic mass is 19.4. The van der Waals surface area contributed by atoms with Crippen LogP contribution in [0.4, 0.5) is 23.4 Å². The fraction of sp³-hybridized carbons (Fsp3) is 0.400. The highest BCUT2D eigenvalue weighted by Crippen LogP contribution is 2.29. The molecule has 2 heterocycles. The zero-order chi connectivity index (χ0) is 20.1. The van der Waals surface area contributed by atoms with Crippen LogP contribution < -0.4 is 4.90 Å². The van der Waals surface area contributed by atoms with E-state index in [-0.39, 0.29) is 11.7 Å². The van der Waals surface area contributed by atoms with Crippen LogP contribution in [-0.2, 0) is 17.4 Å². The minimum Gasteiger partial charge on any atom is -0.355 e. The molecule has 28 heavy (non-hydrogen) atoms. The van der Waals surface area contributed by atoms with Crippen molar-refractivity contribution in [1.82, 2.24) is 9.88 Å². The third-order valence-corrected chi connectivity index (χ3v) is 4.79. The maximum absolute atomic E-state index is 12.9. The smallest absolute Gasteiger partial charge is 0.355 e. The molecule has 1 saturated heterocycles. The monoisotopic (exact) mass is 395 g/mol. The lowest BCUT2D eigenvalue weighted by Crippen LogP contribution is -2.35. The van der Waals surface area contributed by atoms with Crippen molar-refractivity contribution in [3.63, 3.8) is 0 Å². The predicted octanol–water partition coefficient (Wildman–Crippen LogP) is 3.91. The molecule has 0 saturated carbocycles. The second-order valence-electron chi connectivity index (χ2n) is 6.75. The molecule has 1 aliphatic heterocycles. The van der Waals surface area contributed by atoms with Crippen molar-refractivity contribution >= 4 is 11.7 Å². The number of anilines is 1. The number of aryl methyl sites for hydroxylation is 1. The normalized spacial score (nSPS) is 15.4. The Bertz CT molecular complexity index is 791.